The van der Waals surface area contributed by atoms with Crippen LogP contribution in [0.15, 0.2) is 35.2 Å². The molecular formula is C17H26O4S. The minimum absolute atomic E-state index is 0.0328. The van der Waals surface area contributed by atoms with Crippen LogP contribution >= 0.6 is 0 Å². The Hall–Kier alpha value is -0.910. The van der Waals surface area contributed by atoms with Gasteiger partial charge >= 0.3 is 0 Å². The van der Waals surface area contributed by atoms with Crippen LogP contribution in [0, 0.1) is 11.8 Å². The van der Waals surface area contributed by atoms with Crippen LogP contribution in [0.5, 0.6) is 0 Å². The zero-order valence-electron chi connectivity index (χ0n) is 13.7. The van der Waals surface area contributed by atoms with Crippen LogP contribution in [-0.2, 0) is 19.3 Å². The van der Waals surface area contributed by atoms with Crippen molar-refractivity contribution in [2.45, 2.75) is 50.4 Å². The lowest BCUT2D eigenvalue weighted by molar-refractivity contribution is -0.0586. The van der Waals surface area contributed by atoms with E-state index >= 15 is 0 Å². The van der Waals surface area contributed by atoms with Gasteiger partial charge < -0.3 is 9.47 Å². The first-order valence-electron chi connectivity index (χ1n) is 7.81. The number of rotatable bonds is 6. The molecule has 1 fully saturated rings. The van der Waals surface area contributed by atoms with Crippen molar-refractivity contribution in [3.8, 4) is 0 Å². The molecule has 0 radical (unpaired) electrons. The van der Waals surface area contributed by atoms with Gasteiger partial charge in [-0.05, 0) is 37.3 Å². The van der Waals surface area contributed by atoms with Gasteiger partial charge in [-0.1, -0.05) is 32.0 Å². The van der Waals surface area contributed by atoms with Crippen molar-refractivity contribution in [3.05, 3.63) is 30.3 Å². The van der Waals surface area contributed by atoms with E-state index in [4.69, 9.17) is 9.47 Å². The predicted octanol–water partition coefficient (Wildman–Crippen LogP) is 2.92. The third kappa shape index (κ3) is 3.89. The average Bonchev–Trinajstić information content (AvgIpc) is 2.89. The Bertz CT molecular complexity index is 570. The molecular weight excluding hydrogens is 300 g/mol. The van der Waals surface area contributed by atoms with Crippen molar-refractivity contribution < 1.29 is 17.9 Å². The first-order chi connectivity index (χ1) is 10.3. The summed E-state index contributed by atoms with van der Waals surface area (Å²) in [6.45, 7) is 6.07. The Balaban J connectivity index is 2.05. The predicted molar refractivity (Wildman–Crippen MR) is 86.6 cm³/mol. The second-order valence-electron chi connectivity index (χ2n) is 6.36. The lowest BCUT2D eigenvalue weighted by Gasteiger charge is -2.24. The fraction of sp³-hybridized carbons (Fsp3) is 0.647. The largest absolute Gasteiger partial charge is 0.379 e. The molecule has 0 aromatic heterocycles. The molecule has 1 aromatic rings. The zero-order valence-corrected chi connectivity index (χ0v) is 14.5. The molecule has 1 heterocycles. The van der Waals surface area contributed by atoms with Crippen molar-refractivity contribution >= 4 is 9.84 Å². The van der Waals surface area contributed by atoms with Gasteiger partial charge in [-0.3, -0.25) is 0 Å². The van der Waals surface area contributed by atoms with Crippen LogP contribution in [0.25, 0.3) is 0 Å². The van der Waals surface area contributed by atoms with Crippen LogP contribution < -0.4 is 0 Å². The highest BCUT2D eigenvalue weighted by molar-refractivity contribution is 7.91. The summed E-state index contributed by atoms with van der Waals surface area (Å²) in [5.41, 5.74) is 0. The highest BCUT2D eigenvalue weighted by atomic mass is 32.2. The second-order valence-corrected chi connectivity index (χ2v) is 8.40. The minimum atomic E-state index is -3.27. The van der Waals surface area contributed by atoms with E-state index in [0.717, 1.165) is 6.42 Å². The second kappa shape index (κ2) is 7.11. The standard InChI is InChI=1S/C17H26O4S/c1-12-10-16(14(3)20-4)21-17(12)13(2)11-22(18,19)15-8-6-5-7-9-15/h5-9,12-14,16-17H,10-11H2,1-4H3/t12-,13-,14-,16+,17+/m0/s1. The summed E-state index contributed by atoms with van der Waals surface area (Å²) < 4.78 is 36.4. The van der Waals surface area contributed by atoms with Crippen molar-refractivity contribution in [1.82, 2.24) is 0 Å². The van der Waals surface area contributed by atoms with Gasteiger partial charge in [0.2, 0.25) is 0 Å². The van der Waals surface area contributed by atoms with Gasteiger partial charge in [-0.2, -0.15) is 0 Å². The van der Waals surface area contributed by atoms with Crippen LogP contribution in [0.1, 0.15) is 27.2 Å². The first kappa shape index (κ1) is 17.4. The van der Waals surface area contributed by atoms with E-state index in [9.17, 15) is 8.42 Å². The van der Waals surface area contributed by atoms with Gasteiger partial charge in [0.1, 0.15) is 0 Å². The molecule has 5 heteroatoms. The molecule has 0 amide bonds. The third-order valence-corrected chi connectivity index (χ3v) is 6.49. The Kier molecular flexibility index (Phi) is 5.64. The molecule has 124 valence electrons. The molecule has 1 aliphatic heterocycles. The van der Waals surface area contributed by atoms with E-state index in [2.05, 4.69) is 6.92 Å². The number of benzene rings is 1. The molecule has 0 bridgehead atoms. The molecule has 5 atom stereocenters. The quantitative estimate of drug-likeness (QED) is 0.806. The zero-order chi connectivity index (χ0) is 16.3. The SMILES string of the molecule is CO[C@@H](C)[C@H]1C[C@H](C)[C@H]([C@@H](C)CS(=O)(=O)c2ccccc2)O1. The molecule has 22 heavy (non-hydrogen) atoms. The molecule has 0 saturated carbocycles. The van der Waals surface area contributed by atoms with E-state index in [1.165, 1.54) is 0 Å². The highest BCUT2D eigenvalue weighted by Gasteiger charge is 2.39. The molecule has 1 aliphatic rings. The van der Waals surface area contributed by atoms with E-state index in [-0.39, 0.29) is 30.0 Å². The Morgan fingerprint density at radius 2 is 1.91 bits per heavy atom. The molecule has 4 nitrogen and oxygen atoms in total. The number of hydrogen-bond donors (Lipinski definition) is 0. The Morgan fingerprint density at radius 1 is 1.27 bits per heavy atom. The summed E-state index contributed by atoms with van der Waals surface area (Å²) in [7, 11) is -1.60. The van der Waals surface area contributed by atoms with Crippen LogP contribution in [-0.4, -0.2) is 39.6 Å². The number of ether oxygens (including phenoxy) is 2. The number of methoxy groups -OCH3 is 1. The van der Waals surface area contributed by atoms with Gasteiger partial charge in [0.25, 0.3) is 0 Å². The summed E-state index contributed by atoms with van der Waals surface area (Å²) in [6.07, 6.45) is 0.952. The summed E-state index contributed by atoms with van der Waals surface area (Å²) in [5, 5.41) is 0. The number of sulfone groups is 1. The maximum absolute atomic E-state index is 12.5. The van der Waals surface area contributed by atoms with Crippen molar-refractivity contribution in [3.63, 3.8) is 0 Å². The average molecular weight is 326 g/mol. The summed E-state index contributed by atoms with van der Waals surface area (Å²) in [4.78, 5) is 0.384. The van der Waals surface area contributed by atoms with Gasteiger partial charge in [0, 0.05) is 7.11 Å². The monoisotopic (exact) mass is 326 g/mol. The van der Waals surface area contributed by atoms with Crippen molar-refractivity contribution in [2.75, 3.05) is 12.9 Å². The minimum Gasteiger partial charge on any atom is -0.379 e. The maximum atomic E-state index is 12.5. The normalized spacial score (nSPS) is 28.5. The lowest BCUT2D eigenvalue weighted by Crippen LogP contribution is -2.31. The molecule has 2 rings (SSSR count). The van der Waals surface area contributed by atoms with Gasteiger partial charge in [0.05, 0.1) is 29.0 Å². The Morgan fingerprint density at radius 3 is 2.50 bits per heavy atom. The molecule has 1 aromatic carbocycles. The van der Waals surface area contributed by atoms with Gasteiger partial charge in [0.15, 0.2) is 9.84 Å². The van der Waals surface area contributed by atoms with E-state index in [1.807, 2.05) is 19.9 Å². The Labute approximate surface area is 133 Å². The van der Waals surface area contributed by atoms with E-state index < -0.39 is 9.84 Å². The highest BCUT2D eigenvalue weighted by Crippen LogP contribution is 2.34. The van der Waals surface area contributed by atoms with E-state index in [0.29, 0.717) is 10.8 Å². The summed E-state index contributed by atoms with van der Waals surface area (Å²) >= 11 is 0. The lowest BCUT2D eigenvalue weighted by atomic mass is 9.93. The molecule has 0 aliphatic carbocycles. The van der Waals surface area contributed by atoms with Gasteiger partial charge in [-0.15, -0.1) is 0 Å². The first-order valence-corrected chi connectivity index (χ1v) is 9.46. The smallest absolute Gasteiger partial charge is 0.178 e. The van der Waals surface area contributed by atoms with Crippen LogP contribution in [0.4, 0.5) is 0 Å². The molecule has 0 spiro atoms. The van der Waals surface area contributed by atoms with Gasteiger partial charge in [-0.25, -0.2) is 8.42 Å². The van der Waals surface area contributed by atoms with Crippen molar-refractivity contribution in [1.29, 1.82) is 0 Å². The molecule has 1 saturated heterocycles. The summed E-state index contributed by atoms with van der Waals surface area (Å²) in [6, 6.07) is 8.62. The number of hydrogen-bond acceptors (Lipinski definition) is 4. The topological polar surface area (TPSA) is 52.6 Å². The molecule has 0 N–H and O–H groups in total. The van der Waals surface area contributed by atoms with Crippen molar-refractivity contribution in [2.24, 2.45) is 11.8 Å². The third-order valence-electron chi connectivity index (χ3n) is 4.54. The van der Waals surface area contributed by atoms with Crippen LogP contribution in [0.2, 0.25) is 0 Å². The van der Waals surface area contributed by atoms with E-state index in [1.54, 1.807) is 31.4 Å². The van der Waals surface area contributed by atoms with Crippen LogP contribution in [0.3, 0.4) is 0 Å². The fourth-order valence-corrected chi connectivity index (χ4v) is 4.85. The maximum Gasteiger partial charge on any atom is 0.178 e. The fourth-order valence-electron chi connectivity index (χ4n) is 3.21. The summed E-state index contributed by atoms with van der Waals surface area (Å²) in [5.74, 6) is 0.401. The molecule has 0 unspecified atom stereocenters.